The van der Waals surface area contributed by atoms with Gasteiger partial charge in [-0.1, -0.05) is 13.3 Å². The van der Waals surface area contributed by atoms with Crippen LogP contribution in [0.2, 0.25) is 0 Å². The van der Waals surface area contributed by atoms with Gasteiger partial charge in [0.15, 0.2) is 0 Å². The van der Waals surface area contributed by atoms with Crippen molar-refractivity contribution >= 4 is 23.6 Å². The first-order valence-corrected chi connectivity index (χ1v) is 7.91. The normalized spacial score (nSPS) is 28.9. The average molecular weight is 273 g/mol. The summed E-state index contributed by atoms with van der Waals surface area (Å²) in [6.07, 6.45) is 4.30. The number of carbonyl (C=O) groups excluding carboxylic acids is 1. The van der Waals surface area contributed by atoms with E-state index in [0.29, 0.717) is 18.8 Å². The molecule has 0 radical (unpaired) electrons. The summed E-state index contributed by atoms with van der Waals surface area (Å²) >= 11 is 1.68. The van der Waals surface area contributed by atoms with Crippen LogP contribution in [0, 0.1) is 17.8 Å². The molecule has 1 aliphatic carbocycles. The third kappa shape index (κ3) is 3.90. The van der Waals surface area contributed by atoms with Crippen LogP contribution in [0.25, 0.3) is 0 Å². The number of rotatable bonds is 6. The van der Waals surface area contributed by atoms with Gasteiger partial charge in [0.25, 0.3) is 0 Å². The maximum atomic E-state index is 12.1. The van der Waals surface area contributed by atoms with Crippen molar-refractivity contribution in [3.05, 3.63) is 0 Å². The Morgan fingerprint density at radius 2 is 2.00 bits per heavy atom. The molecule has 0 heterocycles. The van der Waals surface area contributed by atoms with Crippen LogP contribution in [0.5, 0.6) is 0 Å². The van der Waals surface area contributed by atoms with Gasteiger partial charge in [0.05, 0.1) is 11.8 Å². The van der Waals surface area contributed by atoms with Crippen molar-refractivity contribution in [1.82, 2.24) is 5.32 Å². The zero-order valence-corrected chi connectivity index (χ0v) is 12.1. The Morgan fingerprint density at radius 3 is 2.50 bits per heavy atom. The summed E-state index contributed by atoms with van der Waals surface area (Å²) in [6, 6.07) is 0.0996. The van der Waals surface area contributed by atoms with E-state index in [-0.39, 0.29) is 17.9 Å². The van der Waals surface area contributed by atoms with E-state index in [9.17, 15) is 14.7 Å². The van der Waals surface area contributed by atoms with Crippen molar-refractivity contribution in [2.45, 2.75) is 39.2 Å². The molecule has 5 heteroatoms. The summed E-state index contributed by atoms with van der Waals surface area (Å²) in [6.45, 7) is 4.01. The predicted molar refractivity (Wildman–Crippen MR) is 73.6 cm³/mol. The number of carbonyl (C=O) groups is 2. The Balaban J connectivity index is 2.62. The van der Waals surface area contributed by atoms with Gasteiger partial charge in [-0.15, -0.1) is 0 Å². The number of carboxylic acids is 1. The van der Waals surface area contributed by atoms with Gasteiger partial charge in [-0.05, 0) is 31.9 Å². The van der Waals surface area contributed by atoms with E-state index in [1.807, 2.05) is 13.2 Å². The molecule has 104 valence electrons. The molecule has 0 aromatic heterocycles. The number of nitrogens with one attached hydrogen (secondary N) is 1. The van der Waals surface area contributed by atoms with E-state index < -0.39 is 11.9 Å². The van der Waals surface area contributed by atoms with Crippen LogP contribution in [-0.4, -0.2) is 35.0 Å². The van der Waals surface area contributed by atoms with Gasteiger partial charge < -0.3 is 10.4 Å². The molecule has 1 aliphatic rings. The molecule has 1 fully saturated rings. The molecule has 0 aromatic rings. The van der Waals surface area contributed by atoms with Crippen LogP contribution in [-0.2, 0) is 9.59 Å². The molecule has 0 aromatic carbocycles. The first-order chi connectivity index (χ1) is 8.49. The van der Waals surface area contributed by atoms with Gasteiger partial charge in [-0.3, -0.25) is 9.59 Å². The quantitative estimate of drug-likeness (QED) is 0.776. The molecule has 0 spiro atoms. The SMILES string of the molecule is CCC1C[C@H](C(=O)NC(C)CSC)[C@H](C(=O)O)C1. The molecular formula is C13H23NO3S. The highest BCUT2D eigenvalue weighted by molar-refractivity contribution is 7.98. The number of hydrogen-bond acceptors (Lipinski definition) is 3. The number of carboxylic acid groups (broad SMARTS) is 1. The summed E-state index contributed by atoms with van der Waals surface area (Å²) in [7, 11) is 0. The van der Waals surface area contributed by atoms with E-state index in [1.165, 1.54) is 0 Å². The minimum Gasteiger partial charge on any atom is -0.481 e. The third-order valence-corrected chi connectivity index (χ3v) is 4.53. The Morgan fingerprint density at radius 1 is 1.39 bits per heavy atom. The first-order valence-electron chi connectivity index (χ1n) is 6.51. The lowest BCUT2D eigenvalue weighted by Gasteiger charge is -2.19. The van der Waals surface area contributed by atoms with E-state index in [4.69, 9.17) is 0 Å². The highest BCUT2D eigenvalue weighted by atomic mass is 32.2. The minimum atomic E-state index is -0.830. The van der Waals surface area contributed by atoms with Crippen LogP contribution in [0.15, 0.2) is 0 Å². The lowest BCUT2D eigenvalue weighted by Crippen LogP contribution is -2.41. The zero-order chi connectivity index (χ0) is 13.7. The van der Waals surface area contributed by atoms with Crippen molar-refractivity contribution in [2.75, 3.05) is 12.0 Å². The van der Waals surface area contributed by atoms with E-state index in [2.05, 4.69) is 12.2 Å². The van der Waals surface area contributed by atoms with Crippen LogP contribution in [0.3, 0.4) is 0 Å². The maximum absolute atomic E-state index is 12.1. The molecular weight excluding hydrogens is 250 g/mol. The van der Waals surface area contributed by atoms with Crippen molar-refractivity contribution in [1.29, 1.82) is 0 Å². The monoisotopic (exact) mass is 273 g/mol. The topological polar surface area (TPSA) is 66.4 Å². The Kier molecular flexibility index (Phi) is 5.99. The van der Waals surface area contributed by atoms with E-state index in [0.717, 1.165) is 12.2 Å². The molecule has 0 aliphatic heterocycles. The van der Waals surface area contributed by atoms with E-state index in [1.54, 1.807) is 11.8 Å². The van der Waals surface area contributed by atoms with Crippen LogP contribution in [0.4, 0.5) is 0 Å². The molecule has 1 amide bonds. The third-order valence-electron chi connectivity index (χ3n) is 3.70. The summed E-state index contributed by atoms with van der Waals surface area (Å²) in [5, 5.41) is 12.1. The van der Waals surface area contributed by atoms with Crippen LogP contribution in [0.1, 0.15) is 33.1 Å². The van der Waals surface area contributed by atoms with Gasteiger partial charge >= 0.3 is 5.97 Å². The highest BCUT2D eigenvalue weighted by Crippen LogP contribution is 2.38. The lowest BCUT2D eigenvalue weighted by molar-refractivity contribution is -0.146. The maximum Gasteiger partial charge on any atom is 0.307 e. The number of aliphatic carboxylic acids is 1. The fourth-order valence-corrected chi connectivity index (χ4v) is 3.26. The second kappa shape index (κ2) is 7.02. The van der Waals surface area contributed by atoms with Crippen molar-refractivity contribution in [3.63, 3.8) is 0 Å². The van der Waals surface area contributed by atoms with Crippen LogP contribution >= 0.6 is 11.8 Å². The summed E-state index contributed by atoms with van der Waals surface area (Å²) < 4.78 is 0. The van der Waals surface area contributed by atoms with Gasteiger partial charge in [-0.25, -0.2) is 0 Å². The largest absolute Gasteiger partial charge is 0.481 e. The van der Waals surface area contributed by atoms with Crippen molar-refractivity contribution in [3.8, 4) is 0 Å². The van der Waals surface area contributed by atoms with Gasteiger partial charge in [-0.2, -0.15) is 11.8 Å². The zero-order valence-electron chi connectivity index (χ0n) is 11.3. The second-order valence-electron chi connectivity index (χ2n) is 5.16. The molecule has 4 nitrogen and oxygen atoms in total. The standard InChI is InChI=1S/C13H23NO3S/c1-4-9-5-10(11(6-9)13(16)17)12(15)14-8(2)7-18-3/h8-11H,4-7H2,1-3H3,(H,14,15)(H,16,17)/t8?,9?,10-,11+/m0/s1. The number of thioether (sulfide) groups is 1. The summed E-state index contributed by atoms with van der Waals surface area (Å²) in [4.78, 5) is 23.3. The second-order valence-corrected chi connectivity index (χ2v) is 6.07. The van der Waals surface area contributed by atoms with Gasteiger partial charge in [0.1, 0.15) is 0 Å². The molecule has 2 unspecified atom stereocenters. The smallest absolute Gasteiger partial charge is 0.307 e. The Hall–Kier alpha value is -0.710. The van der Waals surface area contributed by atoms with Crippen molar-refractivity contribution < 1.29 is 14.7 Å². The Bertz CT molecular complexity index is 309. The summed E-state index contributed by atoms with van der Waals surface area (Å²) in [5.74, 6) is -0.539. The fourth-order valence-electron chi connectivity index (χ4n) is 2.68. The Labute approximate surface area is 113 Å². The average Bonchev–Trinajstić information content (AvgIpc) is 2.73. The molecule has 0 bridgehead atoms. The predicted octanol–water partition coefficient (Wildman–Crippen LogP) is 1.99. The van der Waals surface area contributed by atoms with Gasteiger partial charge in [0.2, 0.25) is 5.91 Å². The molecule has 2 N–H and O–H groups in total. The fraction of sp³-hybridized carbons (Fsp3) is 0.846. The van der Waals surface area contributed by atoms with Crippen LogP contribution < -0.4 is 5.32 Å². The van der Waals surface area contributed by atoms with Gasteiger partial charge in [0, 0.05) is 11.8 Å². The lowest BCUT2D eigenvalue weighted by atomic mass is 9.95. The molecule has 1 rings (SSSR count). The first kappa shape index (κ1) is 15.3. The minimum absolute atomic E-state index is 0.0834. The van der Waals surface area contributed by atoms with Crippen molar-refractivity contribution in [2.24, 2.45) is 17.8 Å². The molecule has 4 atom stereocenters. The molecule has 18 heavy (non-hydrogen) atoms. The molecule has 0 saturated heterocycles. The number of amides is 1. The van der Waals surface area contributed by atoms with E-state index >= 15 is 0 Å². The number of hydrogen-bond donors (Lipinski definition) is 2. The molecule has 1 saturated carbocycles. The summed E-state index contributed by atoms with van der Waals surface area (Å²) in [5.41, 5.74) is 0. The highest BCUT2D eigenvalue weighted by Gasteiger charge is 2.42.